The van der Waals surface area contributed by atoms with Gasteiger partial charge in [-0.1, -0.05) is 12.1 Å². The minimum absolute atomic E-state index is 0.220. The van der Waals surface area contributed by atoms with Gasteiger partial charge in [-0.3, -0.25) is 4.90 Å². The van der Waals surface area contributed by atoms with E-state index in [4.69, 9.17) is 0 Å². The molecule has 1 aromatic carbocycles. The summed E-state index contributed by atoms with van der Waals surface area (Å²) < 4.78 is 1.80. The Bertz CT molecular complexity index is 609. The van der Waals surface area contributed by atoms with E-state index in [1.54, 1.807) is 17.3 Å². The van der Waals surface area contributed by atoms with Gasteiger partial charge in [-0.05, 0) is 56.8 Å². The molecule has 118 valence electrons. The molecule has 1 saturated heterocycles. The summed E-state index contributed by atoms with van der Waals surface area (Å²) in [5.41, 5.74) is 3.59. The third-order valence-electron chi connectivity index (χ3n) is 4.42. The van der Waals surface area contributed by atoms with Crippen LogP contribution in [0.15, 0.2) is 30.9 Å². The molecule has 2 atom stereocenters. The molecule has 5 nitrogen and oxygen atoms in total. The lowest BCUT2D eigenvalue weighted by Crippen LogP contribution is -2.31. The third-order valence-corrected chi connectivity index (χ3v) is 4.42. The number of aliphatic hydroxyl groups excluding tert-OH is 1. The monoisotopic (exact) mass is 300 g/mol. The van der Waals surface area contributed by atoms with Crippen LogP contribution in [0, 0.1) is 6.92 Å². The summed E-state index contributed by atoms with van der Waals surface area (Å²) in [7, 11) is 0. The molecule has 1 fully saturated rings. The summed E-state index contributed by atoms with van der Waals surface area (Å²) >= 11 is 0. The van der Waals surface area contributed by atoms with E-state index in [1.165, 1.54) is 24.0 Å². The standard InChI is InChI=1S/C17H24N4O/c1-13-8-15(5-6-17(13)21-12-18-11-19-21)10-20-7-3-4-16(20)9-14(2)22/h5-6,8,11-12,14,16,22H,3-4,7,9-10H2,1-2H3. The summed E-state index contributed by atoms with van der Waals surface area (Å²) in [4.78, 5) is 6.50. The number of aryl methyl sites for hydroxylation is 1. The number of aliphatic hydroxyl groups is 1. The summed E-state index contributed by atoms with van der Waals surface area (Å²) in [6.45, 7) is 6.07. The van der Waals surface area contributed by atoms with Gasteiger partial charge in [-0.2, -0.15) is 5.10 Å². The molecule has 0 spiro atoms. The van der Waals surface area contributed by atoms with Crippen LogP contribution in [0.1, 0.15) is 37.3 Å². The minimum Gasteiger partial charge on any atom is -0.393 e. The average Bonchev–Trinajstić information content (AvgIpc) is 3.11. The third kappa shape index (κ3) is 3.36. The first-order valence-electron chi connectivity index (χ1n) is 8.00. The SMILES string of the molecule is Cc1cc(CN2CCCC2CC(C)O)ccc1-n1cncn1. The Hall–Kier alpha value is -1.72. The number of benzene rings is 1. The molecule has 2 aromatic rings. The number of hydrogen-bond donors (Lipinski definition) is 1. The molecule has 0 saturated carbocycles. The van der Waals surface area contributed by atoms with Crippen molar-refractivity contribution in [2.45, 2.75) is 51.8 Å². The number of rotatable bonds is 5. The fraction of sp³-hybridized carbons (Fsp3) is 0.529. The largest absolute Gasteiger partial charge is 0.393 e. The molecule has 1 aliphatic rings. The highest BCUT2D eigenvalue weighted by atomic mass is 16.3. The summed E-state index contributed by atoms with van der Waals surface area (Å²) in [6.07, 6.45) is 6.35. The first-order valence-corrected chi connectivity index (χ1v) is 8.00. The highest BCUT2D eigenvalue weighted by Crippen LogP contribution is 2.24. The Morgan fingerprint density at radius 2 is 2.27 bits per heavy atom. The number of hydrogen-bond acceptors (Lipinski definition) is 4. The fourth-order valence-corrected chi connectivity index (χ4v) is 3.40. The van der Waals surface area contributed by atoms with Crippen molar-refractivity contribution in [2.75, 3.05) is 6.54 Å². The van der Waals surface area contributed by atoms with Crippen LogP contribution in [0.5, 0.6) is 0 Å². The fourth-order valence-electron chi connectivity index (χ4n) is 3.40. The average molecular weight is 300 g/mol. The van der Waals surface area contributed by atoms with Crippen molar-refractivity contribution in [3.05, 3.63) is 42.0 Å². The minimum atomic E-state index is -0.220. The van der Waals surface area contributed by atoms with E-state index in [0.29, 0.717) is 6.04 Å². The molecule has 0 aliphatic carbocycles. The zero-order valence-electron chi connectivity index (χ0n) is 13.3. The van der Waals surface area contributed by atoms with E-state index < -0.39 is 0 Å². The summed E-state index contributed by atoms with van der Waals surface area (Å²) in [5, 5.41) is 13.8. The van der Waals surface area contributed by atoms with Crippen molar-refractivity contribution in [3.63, 3.8) is 0 Å². The Balaban J connectivity index is 1.72. The highest BCUT2D eigenvalue weighted by molar-refractivity contribution is 5.41. The van der Waals surface area contributed by atoms with Crippen molar-refractivity contribution in [3.8, 4) is 5.69 Å². The topological polar surface area (TPSA) is 54.2 Å². The van der Waals surface area contributed by atoms with Gasteiger partial charge in [0.25, 0.3) is 0 Å². The van der Waals surface area contributed by atoms with Gasteiger partial charge in [-0.25, -0.2) is 9.67 Å². The maximum Gasteiger partial charge on any atom is 0.138 e. The first-order chi connectivity index (χ1) is 10.6. The molecule has 3 rings (SSSR count). The molecule has 1 N–H and O–H groups in total. The van der Waals surface area contributed by atoms with Crippen LogP contribution in [-0.2, 0) is 6.54 Å². The molecule has 0 amide bonds. The maximum atomic E-state index is 9.64. The van der Waals surface area contributed by atoms with Crippen LogP contribution >= 0.6 is 0 Å². The van der Waals surface area contributed by atoms with Crippen LogP contribution in [0.25, 0.3) is 5.69 Å². The second kappa shape index (κ2) is 6.58. The van der Waals surface area contributed by atoms with Gasteiger partial charge in [0.15, 0.2) is 0 Å². The second-order valence-corrected chi connectivity index (χ2v) is 6.31. The molecule has 22 heavy (non-hydrogen) atoms. The molecule has 0 bridgehead atoms. The van der Waals surface area contributed by atoms with E-state index in [0.717, 1.165) is 25.2 Å². The van der Waals surface area contributed by atoms with Gasteiger partial charge >= 0.3 is 0 Å². The predicted octanol–water partition coefficient (Wildman–Crippen LogP) is 2.31. The van der Waals surface area contributed by atoms with Crippen LogP contribution in [0.3, 0.4) is 0 Å². The zero-order chi connectivity index (χ0) is 15.5. The van der Waals surface area contributed by atoms with Gasteiger partial charge in [0.1, 0.15) is 12.7 Å². The van der Waals surface area contributed by atoms with Gasteiger partial charge in [0, 0.05) is 12.6 Å². The number of likely N-dealkylation sites (tertiary alicyclic amines) is 1. The van der Waals surface area contributed by atoms with Crippen LogP contribution in [0.2, 0.25) is 0 Å². The van der Waals surface area contributed by atoms with E-state index in [1.807, 2.05) is 6.92 Å². The second-order valence-electron chi connectivity index (χ2n) is 6.31. The normalized spacial score (nSPS) is 20.4. The zero-order valence-corrected chi connectivity index (χ0v) is 13.3. The summed E-state index contributed by atoms with van der Waals surface area (Å²) in [5.74, 6) is 0. The molecule has 5 heteroatoms. The maximum absolute atomic E-state index is 9.64. The lowest BCUT2D eigenvalue weighted by molar-refractivity contribution is 0.131. The van der Waals surface area contributed by atoms with Crippen LogP contribution < -0.4 is 0 Å². The van der Waals surface area contributed by atoms with Gasteiger partial charge in [0.05, 0.1) is 11.8 Å². The van der Waals surface area contributed by atoms with Crippen molar-refractivity contribution in [2.24, 2.45) is 0 Å². The summed E-state index contributed by atoms with van der Waals surface area (Å²) in [6, 6.07) is 7.02. The van der Waals surface area contributed by atoms with Crippen molar-refractivity contribution in [1.29, 1.82) is 0 Å². The van der Waals surface area contributed by atoms with E-state index in [-0.39, 0.29) is 6.10 Å². The Morgan fingerprint density at radius 3 is 2.95 bits per heavy atom. The van der Waals surface area contributed by atoms with Crippen LogP contribution in [-0.4, -0.2) is 43.5 Å². The van der Waals surface area contributed by atoms with Crippen LogP contribution in [0.4, 0.5) is 0 Å². The molecule has 2 unspecified atom stereocenters. The number of aromatic nitrogens is 3. The molecular weight excluding hydrogens is 276 g/mol. The predicted molar refractivity (Wildman–Crippen MR) is 85.8 cm³/mol. The number of nitrogens with zero attached hydrogens (tertiary/aromatic N) is 4. The molecule has 1 aliphatic heterocycles. The molecule has 1 aromatic heterocycles. The van der Waals surface area contributed by atoms with E-state index in [2.05, 4.69) is 40.1 Å². The van der Waals surface area contributed by atoms with Crippen molar-refractivity contribution in [1.82, 2.24) is 19.7 Å². The Kier molecular flexibility index (Phi) is 4.55. The lowest BCUT2D eigenvalue weighted by atomic mass is 10.1. The van der Waals surface area contributed by atoms with Crippen molar-refractivity contribution < 1.29 is 5.11 Å². The Morgan fingerprint density at radius 1 is 1.41 bits per heavy atom. The molecule has 0 radical (unpaired) electrons. The molecular formula is C17H24N4O. The highest BCUT2D eigenvalue weighted by Gasteiger charge is 2.25. The Labute approximate surface area is 131 Å². The van der Waals surface area contributed by atoms with Gasteiger partial charge in [0.2, 0.25) is 0 Å². The quantitative estimate of drug-likeness (QED) is 0.920. The first kappa shape index (κ1) is 15.2. The van der Waals surface area contributed by atoms with Gasteiger partial charge in [-0.15, -0.1) is 0 Å². The van der Waals surface area contributed by atoms with Crippen molar-refractivity contribution >= 4 is 0 Å². The van der Waals surface area contributed by atoms with E-state index in [9.17, 15) is 5.11 Å². The molecule has 2 heterocycles. The lowest BCUT2D eigenvalue weighted by Gasteiger charge is -2.25. The smallest absolute Gasteiger partial charge is 0.138 e. The van der Waals surface area contributed by atoms with E-state index >= 15 is 0 Å². The van der Waals surface area contributed by atoms with Gasteiger partial charge < -0.3 is 5.11 Å².